The van der Waals surface area contributed by atoms with Gasteiger partial charge in [-0.3, -0.25) is 9.69 Å². The van der Waals surface area contributed by atoms with E-state index >= 15 is 0 Å². The van der Waals surface area contributed by atoms with Gasteiger partial charge in [-0.15, -0.1) is 0 Å². The molecule has 0 radical (unpaired) electrons. The number of nitrogens with one attached hydrogen (secondary N) is 1. The first kappa shape index (κ1) is 22.0. The first-order chi connectivity index (χ1) is 18.0. The van der Waals surface area contributed by atoms with E-state index in [2.05, 4.69) is 49.2 Å². The summed E-state index contributed by atoms with van der Waals surface area (Å²) in [6, 6.07) is 20.5. The molecule has 37 heavy (non-hydrogen) atoms. The minimum absolute atomic E-state index is 0.221. The van der Waals surface area contributed by atoms with Gasteiger partial charge in [0.15, 0.2) is 11.5 Å². The molecule has 1 N–H and O–H groups in total. The van der Waals surface area contributed by atoms with Gasteiger partial charge in [-0.25, -0.2) is 9.69 Å². The first-order valence-electron chi connectivity index (χ1n) is 12.8. The number of aromatic nitrogens is 1. The highest BCUT2D eigenvalue weighted by Gasteiger charge is 2.53. The van der Waals surface area contributed by atoms with Crippen LogP contribution < -0.4 is 14.4 Å². The van der Waals surface area contributed by atoms with Gasteiger partial charge in [0.05, 0.1) is 5.69 Å². The van der Waals surface area contributed by atoms with Gasteiger partial charge in [-0.2, -0.15) is 0 Å². The molecule has 2 atom stereocenters. The number of para-hydroxylation sites is 1. The van der Waals surface area contributed by atoms with Gasteiger partial charge in [-0.1, -0.05) is 56.3 Å². The molecule has 3 aromatic carbocycles. The van der Waals surface area contributed by atoms with Gasteiger partial charge in [0.25, 0.3) is 5.91 Å². The van der Waals surface area contributed by atoms with E-state index < -0.39 is 12.1 Å². The molecule has 7 heteroatoms. The standard InChI is InChI=1S/C30H27N3O4/c1-17(2)18-7-9-19(10-8-18)28-27-22(21-5-3-4-6-23(21)31-27)16-24-29(34)32(30(35)33(24)28)20-11-12-25-26(15-20)37-14-13-36-25/h3-12,15,17,24,28,31H,13-14,16H2,1-2H3/t24-,28?/m1/s1. The van der Waals surface area contributed by atoms with Crippen LogP contribution in [0.25, 0.3) is 10.9 Å². The number of urea groups is 1. The lowest BCUT2D eigenvalue weighted by Gasteiger charge is -2.36. The quantitative estimate of drug-likeness (QED) is 0.380. The van der Waals surface area contributed by atoms with Crippen LogP contribution in [0.1, 0.15) is 48.2 Å². The Morgan fingerprint density at radius 3 is 2.46 bits per heavy atom. The summed E-state index contributed by atoms with van der Waals surface area (Å²) in [5.74, 6) is 1.35. The third kappa shape index (κ3) is 3.26. The summed E-state index contributed by atoms with van der Waals surface area (Å²) in [4.78, 5) is 34.6. The maximum absolute atomic E-state index is 14.0. The molecular formula is C30H27N3O4. The number of imide groups is 1. The maximum Gasteiger partial charge on any atom is 0.332 e. The van der Waals surface area contributed by atoms with Crippen molar-refractivity contribution in [1.29, 1.82) is 0 Å². The number of fused-ring (bicyclic) bond motifs is 5. The van der Waals surface area contributed by atoms with Crippen LogP contribution in [0.5, 0.6) is 11.5 Å². The van der Waals surface area contributed by atoms with Gasteiger partial charge < -0.3 is 14.5 Å². The fraction of sp³-hybridized carbons (Fsp3) is 0.267. The molecule has 0 aliphatic carbocycles. The smallest absolute Gasteiger partial charge is 0.332 e. The molecule has 4 heterocycles. The second-order valence-electron chi connectivity index (χ2n) is 10.2. The number of hydrogen-bond donors (Lipinski definition) is 1. The molecule has 3 aliphatic rings. The van der Waals surface area contributed by atoms with Gasteiger partial charge in [0.1, 0.15) is 25.3 Å². The minimum atomic E-state index is -0.595. The van der Waals surface area contributed by atoms with Crippen LogP contribution in [0.3, 0.4) is 0 Å². The third-order valence-electron chi connectivity index (χ3n) is 7.75. The molecule has 4 aromatic rings. The number of carbonyl (C=O) groups excluding carboxylic acids is 2. The Balaban J connectivity index is 1.36. The maximum atomic E-state index is 14.0. The van der Waals surface area contributed by atoms with Crippen molar-refractivity contribution < 1.29 is 19.1 Å². The summed E-state index contributed by atoms with van der Waals surface area (Å²) < 4.78 is 11.4. The molecule has 3 amide bonds. The van der Waals surface area contributed by atoms with Gasteiger partial charge >= 0.3 is 6.03 Å². The summed E-state index contributed by atoms with van der Waals surface area (Å²) in [6.07, 6.45) is 0.464. The number of rotatable bonds is 3. The van der Waals surface area contributed by atoms with E-state index in [1.165, 1.54) is 10.5 Å². The predicted molar refractivity (Wildman–Crippen MR) is 140 cm³/mol. The topological polar surface area (TPSA) is 74.9 Å². The Morgan fingerprint density at radius 2 is 1.68 bits per heavy atom. The number of carbonyl (C=O) groups is 2. The third-order valence-corrected chi connectivity index (χ3v) is 7.75. The van der Waals surface area contributed by atoms with Crippen LogP contribution >= 0.6 is 0 Å². The van der Waals surface area contributed by atoms with Crippen molar-refractivity contribution in [3.63, 3.8) is 0 Å². The molecule has 7 rings (SSSR count). The lowest BCUT2D eigenvalue weighted by Crippen LogP contribution is -2.44. The van der Waals surface area contributed by atoms with Crippen LogP contribution in [-0.2, 0) is 11.2 Å². The number of aromatic amines is 1. The molecule has 0 spiro atoms. The largest absolute Gasteiger partial charge is 0.486 e. The number of benzene rings is 3. The zero-order valence-electron chi connectivity index (χ0n) is 20.7. The van der Waals surface area contributed by atoms with Crippen molar-refractivity contribution >= 4 is 28.5 Å². The molecule has 1 saturated heterocycles. The average molecular weight is 494 g/mol. The molecule has 186 valence electrons. The van der Waals surface area contributed by atoms with E-state index in [1.807, 2.05) is 18.2 Å². The van der Waals surface area contributed by atoms with Gasteiger partial charge in [0.2, 0.25) is 0 Å². The van der Waals surface area contributed by atoms with Crippen LogP contribution in [0, 0.1) is 0 Å². The van der Waals surface area contributed by atoms with Gasteiger partial charge in [-0.05, 0) is 40.8 Å². The number of amides is 3. The molecule has 0 saturated carbocycles. The molecule has 3 aliphatic heterocycles. The van der Waals surface area contributed by atoms with E-state index in [0.717, 1.165) is 27.7 Å². The summed E-state index contributed by atoms with van der Waals surface area (Å²) in [7, 11) is 0. The highest BCUT2D eigenvalue weighted by atomic mass is 16.6. The lowest BCUT2D eigenvalue weighted by molar-refractivity contribution is -0.120. The number of nitrogens with zero attached hydrogens (tertiary/aromatic N) is 2. The Hall–Kier alpha value is -4.26. The Bertz CT molecular complexity index is 1560. The highest BCUT2D eigenvalue weighted by molar-refractivity contribution is 6.22. The Kier molecular flexibility index (Phi) is 4.83. The monoisotopic (exact) mass is 493 g/mol. The van der Waals surface area contributed by atoms with E-state index in [-0.39, 0.29) is 11.9 Å². The normalized spacial score (nSPS) is 20.5. The van der Waals surface area contributed by atoms with Crippen LogP contribution in [0.15, 0.2) is 66.7 Å². The predicted octanol–water partition coefficient (Wildman–Crippen LogP) is 5.55. The fourth-order valence-corrected chi connectivity index (χ4v) is 5.89. The van der Waals surface area contributed by atoms with E-state index in [1.54, 1.807) is 23.1 Å². The summed E-state index contributed by atoms with van der Waals surface area (Å²) in [5.41, 5.74) is 5.79. The minimum Gasteiger partial charge on any atom is -0.486 e. The number of ether oxygens (including phenoxy) is 2. The van der Waals surface area contributed by atoms with Crippen LogP contribution in [0.4, 0.5) is 10.5 Å². The van der Waals surface area contributed by atoms with Crippen molar-refractivity contribution in [3.05, 3.63) is 89.1 Å². The zero-order chi connectivity index (χ0) is 25.3. The van der Waals surface area contributed by atoms with Crippen molar-refractivity contribution in [3.8, 4) is 11.5 Å². The summed E-state index contributed by atoms with van der Waals surface area (Å²) >= 11 is 0. The van der Waals surface area contributed by atoms with E-state index in [4.69, 9.17) is 9.47 Å². The zero-order valence-corrected chi connectivity index (χ0v) is 20.7. The van der Waals surface area contributed by atoms with E-state index in [0.29, 0.717) is 42.7 Å². The summed E-state index contributed by atoms with van der Waals surface area (Å²) in [5, 5.41) is 1.10. The fourth-order valence-electron chi connectivity index (χ4n) is 5.89. The summed E-state index contributed by atoms with van der Waals surface area (Å²) in [6.45, 7) is 5.24. The first-order valence-corrected chi connectivity index (χ1v) is 12.8. The SMILES string of the molecule is CC(C)c1ccc(C2c3[nH]c4ccccc4c3C[C@@H]3C(=O)N(c4ccc5c(c4)OCCO5)C(=O)N23)cc1. The molecule has 7 nitrogen and oxygen atoms in total. The van der Waals surface area contributed by atoms with E-state index in [9.17, 15) is 9.59 Å². The number of H-pyrrole nitrogens is 1. The Morgan fingerprint density at radius 1 is 0.919 bits per heavy atom. The van der Waals surface area contributed by atoms with Crippen molar-refractivity contribution in [2.45, 2.75) is 38.3 Å². The molecular weight excluding hydrogens is 466 g/mol. The van der Waals surface area contributed by atoms with Crippen LogP contribution in [-0.4, -0.2) is 41.1 Å². The Labute approximate surface area is 214 Å². The number of hydrogen-bond acceptors (Lipinski definition) is 4. The van der Waals surface area contributed by atoms with Crippen molar-refractivity contribution in [2.24, 2.45) is 0 Å². The van der Waals surface area contributed by atoms with Crippen molar-refractivity contribution in [2.75, 3.05) is 18.1 Å². The average Bonchev–Trinajstić information content (AvgIpc) is 3.41. The highest BCUT2D eigenvalue weighted by Crippen LogP contribution is 2.46. The molecule has 1 fully saturated rings. The van der Waals surface area contributed by atoms with Crippen molar-refractivity contribution in [1.82, 2.24) is 9.88 Å². The molecule has 1 unspecified atom stereocenters. The second kappa shape index (κ2) is 8.13. The second-order valence-corrected chi connectivity index (χ2v) is 10.2. The molecule has 0 bridgehead atoms. The number of anilines is 1. The molecule has 1 aromatic heterocycles. The lowest BCUT2D eigenvalue weighted by atomic mass is 9.88. The van der Waals surface area contributed by atoms with Crippen LogP contribution in [0.2, 0.25) is 0 Å². The van der Waals surface area contributed by atoms with Gasteiger partial charge in [0, 0.05) is 29.1 Å².